The predicted octanol–water partition coefficient (Wildman–Crippen LogP) is 1.37. The van der Waals surface area contributed by atoms with E-state index in [2.05, 4.69) is 0 Å². The zero-order chi connectivity index (χ0) is 8.97. The molecule has 0 bridgehead atoms. The number of thioether (sulfide) groups is 1. The molecule has 1 rings (SSSR count). The molecule has 1 N–H and O–H groups in total. The molecule has 1 aliphatic heterocycles. The van der Waals surface area contributed by atoms with E-state index in [1.165, 1.54) is 11.8 Å². The van der Waals surface area contributed by atoms with Crippen molar-refractivity contribution < 1.29 is 14.6 Å². The van der Waals surface area contributed by atoms with Gasteiger partial charge in [0.25, 0.3) is 0 Å². The average Bonchev–Trinajstić information content (AvgIpc) is 2.51. The Kier molecular flexibility index (Phi) is 3.88. The van der Waals surface area contributed by atoms with Crippen molar-refractivity contribution in [2.45, 2.75) is 31.1 Å². The maximum absolute atomic E-state index is 10.4. The van der Waals surface area contributed by atoms with E-state index < -0.39 is 5.97 Å². The number of hydrogen-bond acceptors (Lipinski definition) is 3. The molecule has 0 spiro atoms. The highest BCUT2D eigenvalue weighted by Crippen LogP contribution is 2.20. The van der Waals surface area contributed by atoms with Crippen LogP contribution in [-0.4, -0.2) is 34.8 Å². The van der Waals surface area contributed by atoms with Crippen molar-refractivity contribution in [3.8, 4) is 0 Å². The van der Waals surface area contributed by atoms with Crippen LogP contribution in [0, 0.1) is 0 Å². The molecule has 0 saturated carbocycles. The monoisotopic (exact) mass is 190 g/mol. The van der Waals surface area contributed by atoms with Gasteiger partial charge in [0.05, 0.1) is 11.4 Å². The second kappa shape index (κ2) is 4.72. The van der Waals surface area contributed by atoms with Gasteiger partial charge in [0.2, 0.25) is 0 Å². The van der Waals surface area contributed by atoms with Gasteiger partial charge in [0.1, 0.15) is 0 Å². The summed E-state index contributed by atoms with van der Waals surface area (Å²) in [4.78, 5) is 10.4. The summed E-state index contributed by atoms with van der Waals surface area (Å²) in [6.07, 6.45) is 2.49. The smallest absolute Gasteiger partial charge is 0.316 e. The lowest BCUT2D eigenvalue weighted by molar-refractivity contribution is -0.136. The number of aliphatic carboxylic acids is 1. The van der Waals surface area contributed by atoms with Gasteiger partial charge < -0.3 is 9.84 Å². The van der Waals surface area contributed by atoms with Crippen molar-refractivity contribution >= 4 is 17.7 Å². The highest BCUT2D eigenvalue weighted by molar-refractivity contribution is 8.00. The molecule has 0 radical (unpaired) electrons. The van der Waals surface area contributed by atoms with E-state index in [0.717, 1.165) is 25.2 Å². The quantitative estimate of drug-likeness (QED) is 0.727. The van der Waals surface area contributed by atoms with E-state index >= 15 is 0 Å². The fraction of sp³-hybridized carbons (Fsp3) is 0.875. The summed E-state index contributed by atoms with van der Waals surface area (Å²) in [5, 5.41) is 8.28. The fourth-order valence-corrected chi connectivity index (χ4v) is 2.01. The number of rotatable bonds is 4. The van der Waals surface area contributed by atoms with Crippen LogP contribution in [0.1, 0.15) is 19.8 Å². The van der Waals surface area contributed by atoms with Gasteiger partial charge in [-0.25, -0.2) is 0 Å². The molecule has 0 aliphatic carbocycles. The molecule has 3 nitrogen and oxygen atoms in total. The number of hydrogen-bond donors (Lipinski definition) is 1. The molecule has 0 aromatic heterocycles. The summed E-state index contributed by atoms with van der Waals surface area (Å²) in [7, 11) is 0. The van der Waals surface area contributed by atoms with Crippen LogP contribution in [0.2, 0.25) is 0 Å². The van der Waals surface area contributed by atoms with Crippen LogP contribution in [0.25, 0.3) is 0 Å². The van der Waals surface area contributed by atoms with E-state index in [1.807, 2.05) is 0 Å². The SMILES string of the molecule is CC(SCC1CCCO1)C(=O)O. The minimum atomic E-state index is -0.738. The first-order chi connectivity index (χ1) is 5.70. The van der Waals surface area contributed by atoms with Gasteiger partial charge in [0, 0.05) is 12.4 Å². The number of carboxylic acids is 1. The lowest BCUT2D eigenvalue weighted by atomic mass is 10.3. The standard InChI is InChI=1S/C8H14O3S/c1-6(8(9)10)12-5-7-3-2-4-11-7/h6-7H,2-5H2,1H3,(H,9,10). The Morgan fingerprint density at radius 3 is 3.08 bits per heavy atom. The Labute approximate surface area is 76.5 Å². The molecule has 1 heterocycles. The number of ether oxygens (including phenoxy) is 1. The zero-order valence-electron chi connectivity index (χ0n) is 7.16. The van der Waals surface area contributed by atoms with Crippen molar-refractivity contribution in [1.82, 2.24) is 0 Å². The maximum atomic E-state index is 10.4. The first-order valence-corrected chi connectivity index (χ1v) is 5.21. The van der Waals surface area contributed by atoms with E-state index in [9.17, 15) is 4.79 Å². The van der Waals surface area contributed by atoms with Crippen molar-refractivity contribution in [2.75, 3.05) is 12.4 Å². The van der Waals surface area contributed by atoms with E-state index in [-0.39, 0.29) is 11.4 Å². The van der Waals surface area contributed by atoms with Crippen molar-refractivity contribution in [3.05, 3.63) is 0 Å². The Bertz CT molecular complexity index is 154. The molecule has 1 fully saturated rings. The molecule has 70 valence electrons. The Morgan fingerprint density at radius 2 is 2.58 bits per heavy atom. The van der Waals surface area contributed by atoms with Crippen molar-refractivity contribution in [3.63, 3.8) is 0 Å². The van der Waals surface area contributed by atoms with Crippen LogP contribution in [0.15, 0.2) is 0 Å². The number of carbonyl (C=O) groups is 1. The first kappa shape index (κ1) is 9.86. The molecule has 1 aliphatic rings. The van der Waals surface area contributed by atoms with Crippen molar-refractivity contribution in [2.24, 2.45) is 0 Å². The summed E-state index contributed by atoms with van der Waals surface area (Å²) in [5.74, 6) is 0.0750. The minimum absolute atomic E-state index is 0.289. The maximum Gasteiger partial charge on any atom is 0.316 e. The van der Waals surface area contributed by atoms with E-state index in [4.69, 9.17) is 9.84 Å². The molecule has 2 atom stereocenters. The first-order valence-electron chi connectivity index (χ1n) is 4.16. The van der Waals surface area contributed by atoms with Crippen LogP contribution in [0.3, 0.4) is 0 Å². The minimum Gasteiger partial charge on any atom is -0.480 e. The van der Waals surface area contributed by atoms with Crippen LogP contribution >= 0.6 is 11.8 Å². The second-order valence-electron chi connectivity index (χ2n) is 2.95. The third-order valence-corrected chi connectivity index (χ3v) is 3.17. The highest BCUT2D eigenvalue weighted by atomic mass is 32.2. The third-order valence-electron chi connectivity index (χ3n) is 1.90. The number of carboxylic acid groups (broad SMARTS) is 1. The third kappa shape index (κ3) is 3.03. The molecule has 4 heteroatoms. The van der Waals surface area contributed by atoms with E-state index in [1.54, 1.807) is 6.92 Å². The lowest BCUT2D eigenvalue weighted by Crippen LogP contribution is -2.16. The molecule has 0 aromatic rings. The normalized spacial score (nSPS) is 25.6. The molecule has 0 aromatic carbocycles. The summed E-state index contributed by atoms with van der Waals surface area (Å²) in [5.41, 5.74) is 0. The molecule has 12 heavy (non-hydrogen) atoms. The Hall–Kier alpha value is -0.220. The molecular weight excluding hydrogens is 176 g/mol. The average molecular weight is 190 g/mol. The molecular formula is C8H14O3S. The van der Waals surface area contributed by atoms with E-state index in [0.29, 0.717) is 0 Å². The van der Waals surface area contributed by atoms with Gasteiger partial charge in [0.15, 0.2) is 0 Å². The summed E-state index contributed by atoms with van der Waals surface area (Å²) < 4.78 is 5.37. The van der Waals surface area contributed by atoms with Gasteiger partial charge in [-0.2, -0.15) is 0 Å². The predicted molar refractivity (Wildman–Crippen MR) is 48.5 cm³/mol. The largest absolute Gasteiger partial charge is 0.480 e. The van der Waals surface area contributed by atoms with Gasteiger partial charge in [-0.1, -0.05) is 0 Å². The van der Waals surface area contributed by atoms with Crippen LogP contribution in [-0.2, 0) is 9.53 Å². The molecule has 2 unspecified atom stereocenters. The Morgan fingerprint density at radius 1 is 1.83 bits per heavy atom. The topological polar surface area (TPSA) is 46.5 Å². The Balaban J connectivity index is 2.11. The zero-order valence-corrected chi connectivity index (χ0v) is 7.97. The summed E-state index contributed by atoms with van der Waals surface area (Å²) in [6.45, 7) is 2.55. The van der Waals surface area contributed by atoms with Gasteiger partial charge in [-0.3, -0.25) is 4.79 Å². The lowest BCUT2D eigenvalue weighted by Gasteiger charge is -2.10. The van der Waals surface area contributed by atoms with Gasteiger partial charge in [-0.15, -0.1) is 11.8 Å². The highest BCUT2D eigenvalue weighted by Gasteiger charge is 2.18. The second-order valence-corrected chi connectivity index (χ2v) is 4.32. The summed E-state index contributed by atoms with van der Waals surface area (Å²) in [6, 6.07) is 0. The molecule has 0 amide bonds. The molecule has 1 saturated heterocycles. The van der Waals surface area contributed by atoms with Crippen LogP contribution in [0.4, 0.5) is 0 Å². The summed E-state index contributed by atoms with van der Waals surface area (Å²) >= 11 is 1.46. The van der Waals surface area contributed by atoms with Gasteiger partial charge >= 0.3 is 5.97 Å². The van der Waals surface area contributed by atoms with Gasteiger partial charge in [-0.05, 0) is 19.8 Å². The fourth-order valence-electron chi connectivity index (χ4n) is 1.10. The van der Waals surface area contributed by atoms with Crippen molar-refractivity contribution in [1.29, 1.82) is 0 Å². The van der Waals surface area contributed by atoms with Crippen LogP contribution in [0.5, 0.6) is 0 Å². The van der Waals surface area contributed by atoms with Crippen LogP contribution < -0.4 is 0 Å².